The minimum Gasteiger partial charge on any atom is -0.337 e. The van der Waals surface area contributed by atoms with Gasteiger partial charge >= 0.3 is 0 Å². The summed E-state index contributed by atoms with van der Waals surface area (Å²) in [7, 11) is 0. The molecule has 3 heterocycles. The van der Waals surface area contributed by atoms with Crippen molar-refractivity contribution >= 4 is 11.5 Å². The number of benzene rings is 1. The molecule has 0 radical (unpaired) electrons. The number of hydrogen-bond donors (Lipinski definition) is 1. The second-order valence-electron chi connectivity index (χ2n) is 6.10. The zero-order valence-electron chi connectivity index (χ0n) is 14.9. The van der Waals surface area contributed by atoms with E-state index in [0.29, 0.717) is 23.0 Å². The molecular weight excluding hydrogens is 343 g/mol. The molecule has 0 unspecified atom stereocenters. The molecule has 27 heavy (non-hydrogen) atoms. The van der Waals surface area contributed by atoms with Crippen molar-refractivity contribution in [3.8, 4) is 17.1 Å². The fourth-order valence-corrected chi connectivity index (χ4v) is 2.67. The molecule has 134 valence electrons. The van der Waals surface area contributed by atoms with E-state index in [4.69, 9.17) is 0 Å². The Kier molecular flexibility index (Phi) is 4.33. The topological polar surface area (TPSA) is 68.5 Å². The van der Waals surface area contributed by atoms with E-state index in [9.17, 15) is 4.39 Å². The lowest BCUT2D eigenvalue weighted by Gasteiger charge is -2.11. The predicted molar refractivity (Wildman–Crippen MR) is 102 cm³/mol. The lowest BCUT2D eigenvalue weighted by molar-refractivity contribution is 0.611. The minimum absolute atomic E-state index is 0.333. The van der Waals surface area contributed by atoms with Gasteiger partial charge in [-0.25, -0.2) is 19.0 Å². The summed E-state index contributed by atoms with van der Waals surface area (Å²) in [4.78, 5) is 13.3. The Bertz CT molecular complexity index is 1090. The summed E-state index contributed by atoms with van der Waals surface area (Å²) in [6, 6.07) is 10.3. The van der Waals surface area contributed by atoms with Gasteiger partial charge in [0.1, 0.15) is 17.3 Å². The third-order valence-electron chi connectivity index (χ3n) is 4.25. The zero-order chi connectivity index (χ0) is 18.8. The molecule has 0 amide bonds. The summed E-state index contributed by atoms with van der Waals surface area (Å²) in [6.07, 6.45) is 6.79. The van der Waals surface area contributed by atoms with Gasteiger partial charge in [-0.3, -0.25) is 4.98 Å². The average Bonchev–Trinajstić information content (AvgIpc) is 3.14. The van der Waals surface area contributed by atoms with Crippen LogP contribution in [0.1, 0.15) is 11.3 Å². The third kappa shape index (κ3) is 3.39. The molecule has 1 aromatic carbocycles. The van der Waals surface area contributed by atoms with Gasteiger partial charge in [0.05, 0.1) is 18.1 Å². The van der Waals surface area contributed by atoms with E-state index in [1.54, 1.807) is 43.0 Å². The van der Waals surface area contributed by atoms with Gasteiger partial charge < -0.3 is 5.32 Å². The first-order valence-corrected chi connectivity index (χ1v) is 8.44. The normalized spacial score (nSPS) is 10.8. The quantitative estimate of drug-likeness (QED) is 0.590. The van der Waals surface area contributed by atoms with Crippen LogP contribution in [0.2, 0.25) is 0 Å². The highest BCUT2D eigenvalue weighted by molar-refractivity contribution is 5.63. The molecule has 0 aliphatic rings. The molecule has 4 rings (SSSR count). The van der Waals surface area contributed by atoms with Gasteiger partial charge in [0.15, 0.2) is 5.82 Å². The summed E-state index contributed by atoms with van der Waals surface area (Å²) in [5.41, 5.74) is 3.73. The number of aromatic nitrogens is 5. The molecule has 0 bridgehead atoms. The molecule has 0 saturated carbocycles. The number of aryl methyl sites for hydroxylation is 1. The molecule has 3 aromatic heterocycles. The second kappa shape index (κ2) is 6.95. The average molecular weight is 360 g/mol. The van der Waals surface area contributed by atoms with Crippen LogP contribution in [0.25, 0.3) is 17.1 Å². The first kappa shape index (κ1) is 16.8. The Morgan fingerprint density at radius 3 is 2.63 bits per heavy atom. The Labute approximate surface area is 155 Å². The second-order valence-corrected chi connectivity index (χ2v) is 6.10. The first-order chi connectivity index (χ1) is 13.1. The van der Waals surface area contributed by atoms with Gasteiger partial charge in [-0.1, -0.05) is 12.1 Å². The molecule has 4 aromatic rings. The molecule has 7 heteroatoms. The van der Waals surface area contributed by atoms with Gasteiger partial charge in [-0.2, -0.15) is 5.10 Å². The van der Waals surface area contributed by atoms with Gasteiger partial charge in [-0.15, -0.1) is 0 Å². The number of pyridine rings is 1. The molecular formula is C20H17FN6. The van der Waals surface area contributed by atoms with Crippen molar-refractivity contribution in [1.29, 1.82) is 0 Å². The minimum atomic E-state index is -0.333. The zero-order valence-corrected chi connectivity index (χ0v) is 14.9. The number of halogens is 1. The lowest BCUT2D eigenvalue weighted by Crippen LogP contribution is -2.03. The van der Waals surface area contributed by atoms with Crippen molar-refractivity contribution in [2.45, 2.75) is 13.8 Å². The van der Waals surface area contributed by atoms with E-state index in [0.717, 1.165) is 16.8 Å². The molecule has 6 nitrogen and oxygen atoms in total. The summed E-state index contributed by atoms with van der Waals surface area (Å²) in [5, 5.41) is 7.49. The lowest BCUT2D eigenvalue weighted by atomic mass is 10.2. The van der Waals surface area contributed by atoms with E-state index in [-0.39, 0.29) is 5.82 Å². The highest BCUT2D eigenvalue weighted by Crippen LogP contribution is 2.24. The van der Waals surface area contributed by atoms with Gasteiger partial charge in [-0.05, 0) is 38.1 Å². The molecule has 1 N–H and O–H groups in total. The van der Waals surface area contributed by atoms with Crippen molar-refractivity contribution in [3.05, 3.63) is 78.3 Å². The van der Waals surface area contributed by atoms with Crippen LogP contribution >= 0.6 is 0 Å². The van der Waals surface area contributed by atoms with Crippen molar-refractivity contribution < 1.29 is 4.39 Å². The van der Waals surface area contributed by atoms with Crippen molar-refractivity contribution in [2.75, 3.05) is 5.32 Å². The molecule has 0 aliphatic carbocycles. The SMILES string of the molecule is Cc1nc(-c2cccnc2)nc(Nc2cnn(-c3ccccc3F)c2)c1C. The summed E-state index contributed by atoms with van der Waals surface area (Å²) < 4.78 is 15.5. The highest BCUT2D eigenvalue weighted by Gasteiger charge is 2.12. The Morgan fingerprint density at radius 1 is 1.00 bits per heavy atom. The summed E-state index contributed by atoms with van der Waals surface area (Å²) in [5.74, 6) is 0.935. The number of para-hydroxylation sites is 1. The smallest absolute Gasteiger partial charge is 0.163 e. The Hall–Kier alpha value is -3.61. The van der Waals surface area contributed by atoms with E-state index in [2.05, 4.69) is 25.4 Å². The van der Waals surface area contributed by atoms with Crippen molar-refractivity contribution in [1.82, 2.24) is 24.7 Å². The Balaban J connectivity index is 1.67. The van der Waals surface area contributed by atoms with Crippen LogP contribution in [0.3, 0.4) is 0 Å². The number of nitrogens with zero attached hydrogens (tertiary/aromatic N) is 5. The van der Waals surface area contributed by atoms with Gasteiger partial charge in [0, 0.05) is 29.2 Å². The maximum atomic E-state index is 14.0. The number of anilines is 2. The maximum Gasteiger partial charge on any atom is 0.163 e. The standard InChI is InChI=1S/C20H17FN6/c1-13-14(2)24-20(15-6-5-9-22-10-15)26-19(13)25-16-11-23-27(12-16)18-8-4-3-7-17(18)21/h3-12H,1-2H3,(H,24,25,26). The third-order valence-corrected chi connectivity index (χ3v) is 4.25. The fraction of sp³-hybridized carbons (Fsp3) is 0.100. The molecule has 0 aliphatic heterocycles. The van der Waals surface area contributed by atoms with E-state index in [1.165, 1.54) is 10.7 Å². The number of nitrogens with one attached hydrogen (secondary N) is 1. The van der Waals surface area contributed by atoms with E-state index < -0.39 is 0 Å². The first-order valence-electron chi connectivity index (χ1n) is 8.44. The summed E-state index contributed by atoms with van der Waals surface area (Å²) in [6.45, 7) is 3.89. The van der Waals surface area contributed by atoms with Crippen LogP contribution in [-0.2, 0) is 0 Å². The van der Waals surface area contributed by atoms with Crippen molar-refractivity contribution in [3.63, 3.8) is 0 Å². The van der Waals surface area contributed by atoms with Crippen LogP contribution in [-0.4, -0.2) is 24.7 Å². The van der Waals surface area contributed by atoms with Crippen LogP contribution in [0, 0.1) is 19.7 Å². The van der Waals surface area contributed by atoms with Gasteiger partial charge in [0.2, 0.25) is 0 Å². The number of rotatable bonds is 4. The maximum absolute atomic E-state index is 14.0. The van der Waals surface area contributed by atoms with Crippen LogP contribution in [0.15, 0.2) is 61.2 Å². The summed E-state index contributed by atoms with van der Waals surface area (Å²) >= 11 is 0. The highest BCUT2D eigenvalue weighted by atomic mass is 19.1. The van der Waals surface area contributed by atoms with Crippen LogP contribution < -0.4 is 5.32 Å². The van der Waals surface area contributed by atoms with E-state index >= 15 is 0 Å². The monoisotopic (exact) mass is 360 g/mol. The molecule has 0 fully saturated rings. The van der Waals surface area contributed by atoms with Crippen LogP contribution in [0.5, 0.6) is 0 Å². The van der Waals surface area contributed by atoms with Crippen LogP contribution in [0.4, 0.5) is 15.9 Å². The fourth-order valence-electron chi connectivity index (χ4n) is 2.67. The number of hydrogen-bond acceptors (Lipinski definition) is 5. The molecule has 0 saturated heterocycles. The van der Waals surface area contributed by atoms with E-state index in [1.807, 2.05) is 26.0 Å². The molecule has 0 atom stereocenters. The largest absolute Gasteiger partial charge is 0.337 e. The Morgan fingerprint density at radius 2 is 1.85 bits per heavy atom. The predicted octanol–water partition coefficient (Wildman–Crippen LogP) is 4.22. The molecule has 0 spiro atoms. The van der Waals surface area contributed by atoms with Crippen molar-refractivity contribution in [2.24, 2.45) is 0 Å². The van der Waals surface area contributed by atoms with Gasteiger partial charge in [0.25, 0.3) is 0 Å².